The van der Waals surface area contributed by atoms with Crippen LogP contribution in [-0.2, 0) is 4.79 Å². The van der Waals surface area contributed by atoms with Gasteiger partial charge in [0.05, 0.1) is 0 Å². The lowest BCUT2D eigenvalue weighted by atomic mass is 10.3. The second-order valence-electron chi connectivity index (χ2n) is 4.08. The number of carboxylic acids is 1. The van der Waals surface area contributed by atoms with E-state index in [2.05, 4.69) is 13.2 Å². The molecule has 1 N–H and O–H groups in total. The van der Waals surface area contributed by atoms with Gasteiger partial charge >= 0.3 is 12.0 Å². The van der Waals surface area contributed by atoms with Crippen molar-refractivity contribution in [3.05, 3.63) is 55.6 Å². The average molecular weight is 274 g/mol. The highest BCUT2D eigenvalue weighted by atomic mass is 16.4. The number of carbonyl (C=O) groups excluding carboxylic acids is 1. The number of hydrogen-bond acceptors (Lipinski definition) is 2. The molecule has 1 aromatic carbocycles. The van der Waals surface area contributed by atoms with Crippen LogP contribution in [0.25, 0.3) is 0 Å². The molecule has 0 saturated heterocycles. The van der Waals surface area contributed by atoms with E-state index in [1.165, 1.54) is 9.80 Å². The van der Waals surface area contributed by atoms with E-state index in [9.17, 15) is 9.59 Å². The number of amides is 2. The molecule has 1 aromatic rings. The molecule has 0 aliphatic rings. The van der Waals surface area contributed by atoms with E-state index in [1.807, 2.05) is 0 Å². The van der Waals surface area contributed by atoms with Crippen LogP contribution in [0.3, 0.4) is 0 Å². The quantitative estimate of drug-likeness (QED) is 0.776. The molecule has 1 rings (SSSR count). The zero-order valence-electron chi connectivity index (χ0n) is 11.2. The van der Waals surface area contributed by atoms with Crippen LogP contribution in [-0.4, -0.2) is 41.6 Å². The number of nitrogens with zero attached hydrogens (tertiary/aromatic N) is 2. The maximum Gasteiger partial charge on any atom is 0.325 e. The Morgan fingerprint density at radius 3 is 2.10 bits per heavy atom. The molecule has 5 nitrogen and oxygen atoms in total. The molecule has 106 valence electrons. The van der Waals surface area contributed by atoms with E-state index in [-0.39, 0.29) is 0 Å². The fourth-order valence-corrected chi connectivity index (χ4v) is 1.73. The lowest BCUT2D eigenvalue weighted by molar-refractivity contribution is -0.135. The monoisotopic (exact) mass is 274 g/mol. The van der Waals surface area contributed by atoms with Crippen molar-refractivity contribution in [3.63, 3.8) is 0 Å². The SMILES string of the molecule is C=CCN(CC=C)C(=O)N(CC(=O)O)c1ccccc1. The molecule has 20 heavy (non-hydrogen) atoms. The highest BCUT2D eigenvalue weighted by Gasteiger charge is 2.22. The average Bonchev–Trinajstić information content (AvgIpc) is 2.44. The van der Waals surface area contributed by atoms with Crippen LogP contribution in [0.2, 0.25) is 0 Å². The smallest absolute Gasteiger partial charge is 0.325 e. The number of aliphatic carboxylic acids is 1. The van der Waals surface area contributed by atoms with Crippen molar-refractivity contribution >= 4 is 17.7 Å². The van der Waals surface area contributed by atoms with E-state index in [1.54, 1.807) is 42.5 Å². The molecule has 0 bridgehead atoms. The van der Waals surface area contributed by atoms with Gasteiger partial charge in [0.25, 0.3) is 0 Å². The lowest BCUT2D eigenvalue weighted by Crippen LogP contribution is -2.45. The fraction of sp³-hybridized carbons (Fsp3) is 0.200. The van der Waals surface area contributed by atoms with Gasteiger partial charge in [-0.25, -0.2) is 4.79 Å². The predicted octanol–water partition coefficient (Wildman–Crippen LogP) is 2.37. The van der Waals surface area contributed by atoms with Gasteiger partial charge in [-0.3, -0.25) is 9.69 Å². The Morgan fingerprint density at radius 2 is 1.65 bits per heavy atom. The standard InChI is InChI=1S/C15H18N2O3/c1-3-10-16(11-4-2)15(20)17(12-14(18)19)13-8-6-5-7-9-13/h3-9H,1-2,10-12H2,(H,18,19). The summed E-state index contributed by atoms with van der Waals surface area (Å²) in [5.41, 5.74) is 0.540. The highest BCUT2D eigenvalue weighted by molar-refractivity contribution is 5.96. The first-order valence-corrected chi connectivity index (χ1v) is 6.15. The summed E-state index contributed by atoms with van der Waals surface area (Å²) in [6.07, 6.45) is 3.18. The molecule has 2 amide bonds. The van der Waals surface area contributed by atoms with Crippen molar-refractivity contribution in [1.82, 2.24) is 4.90 Å². The third-order valence-electron chi connectivity index (χ3n) is 2.56. The number of para-hydroxylation sites is 1. The molecule has 0 heterocycles. The molecule has 0 aliphatic heterocycles. The van der Waals surface area contributed by atoms with Crippen molar-refractivity contribution in [3.8, 4) is 0 Å². The first-order valence-electron chi connectivity index (χ1n) is 6.15. The van der Waals surface area contributed by atoms with Crippen molar-refractivity contribution in [1.29, 1.82) is 0 Å². The Morgan fingerprint density at radius 1 is 1.10 bits per heavy atom. The van der Waals surface area contributed by atoms with Gasteiger partial charge in [0.1, 0.15) is 6.54 Å². The van der Waals surface area contributed by atoms with Crippen LogP contribution >= 0.6 is 0 Å². The third kappa shape index (κ3) is 4.28. The van der Waals surface area contributed by atoms with Gasteiger partial charge in [-0.05, 0) is 12.1 Å². The Bertz CT molecular complexity index is 475. The molecule has 0 spiro atoms. The topological polar surface area (TPSA) is 60.9 Å². The molecule has 0 atom stereocenters. The minimum Gasteiger partial charge on any atom is -0.480 e. The first kappa shape index (κ1) is 15.5. The zero-order valence-corrected chi connectivity index (χ0v) is 11.2. The van der Waals surface area contributed by atoms with Crippen molar-refractivity contribution in [2.75, 3.05) is 24.5 Å². The minimum absolute atomic E-state index is 0.327. The van der Waals surface area contributed by atoms with E-state index >= 15 is 0 Å². The van der Waals surface area contributed by atoms with Gasteiger partial charge in [0.15, 0.2) is 0 Å². The van der Waals surface area contributed by atoms with E-state index in [0.29, 0.717) is 18.8 Å². The molecular weight excluding hydrogens is 256 g/mol. The third-order valence-corrected chi connectivity index (χ3v) is 2.56. The van der Waals surface area contributed by atoms with Gasteiger partial charge in [0.2, 0.25) is 0 Å². The Labute approximate surface area is 118 Å². The lowest BCUT2D eigenvalue weighted by Gasteiger charge is -2.28. The second kappa shape index (κ2) is 7.78. The predicted molar refractivity (Wildman–Crippen MR) is 78.8 cm³/mol. The molecule has 0 unspecified atom stereocenters. The molecule has 5 heteroatoms. The van der Waals surface area contributed by atoms with E-state index in [0.717, 1.165) is 0 Å². The molecule has 0 saturated carbocycles. The number of hydrogen-bond donors (Lipinski definition) is 1. The summed E-state index contributed by atoms with van der Waals surface area (Å²) < 4.78 is 0. The summed E-state index contributed by atoms with van der Waals surface area (Å²) in [6, 6.07) is 8.31. The first-order chi connectivity index (χ1) is 9.60. The zero-order chi connectivity index (χ0) is 15.0. The van der Waals surface area contributed by atoms with Gasteiger partial charge < -0.3 is 10.0 Å². The van der Waals surface area contributed by atoms with Crippen molar-refractivity contribution < 1.29 is 14.7 Å². The van der Waals surface area contributed by atoms with Crippen LogP contribution in [0.5, 0.6) is 0 Å². The van der Waals surface area contributed by atoms with Crippen LogP contribution in [0.4, 0.5) is 10.5 Å². The second-order valence-corrected chi connectivity index (χ2v) is 4.08. The van der Waals surface area contributed by atoms with Gasteiger partial charge in [0, 0.05) is 18.8 Å². The van der Waals surface area contributed by atoms with Crippen LogP contribution in [0, 0.1) is 0 Å². The maximum absolute atomic E-state index is 12.5. The molecular formula is C15H18N2O3. The number of carboxylic acid groups (broad SMARTS) is 1. The Kier molecular flexibility index (Phi) is 6.03. The van der Waals surface area contributed by atoms with Crippen molar-refractivity contribution in [2.24, 2.45) is 0 Å². The van der Waals surface area contributed by atoms with E-state index < -0.39 is 18.5 Å². The van der Waals surface area contributed by atoms with Crippen molar-refractivity contribution in [2.45, 2.75) is 0 Å². The normalized spacial score (nSPS) is 9.60. The van der Waals surface area contributed by atoms with E-state index in [4.69, 9.17) is 5.11 Å². The highest BCUT2D eigenvalue weighted by Crippen LogP contribution is 2.15. The molecule has 0 aliphatic carbocycles. The molecule has 0 radical (unpaired) electrons. The number of urea groups is 1. The van der Waals surface area contributed by atoms with Gasteiger partial charge in [-0.1, -0.05) is 30.4 Å². The minimum atomic E-state index is -1.07. The van der Waals surface area contributed by atoms with Crippen LogP contribution in [0.1, 0.15) is 0 Å². The summed E-state index contributed by atoms with van der Waals surface area (Å²) in [5.74, 6) is -1.07. The summed E-state index contributed by atoms with van der Waals surface area (Å²) in [5, 5.41) is 8.98. The number of rotatable bonds is 7. The largest absolute Gasteiger partial charge is 0.480 e. The van der Waals surface area contributed by atoms with Gasteiger partial charge in [-0.2, -0.15) is 0 Å². The molecule has 0 fully saturated rings. The fourth-order valence-electron chi connectivity index (χ4n) is 1.73. The summed E-state index contributed by atoms with van der Waals surface area (Å²) in [6.45, 7) is 7.45. The Hall–Kier alpha value is -2.56. The number of anilines is 1. The van der Waals surface area contributed by atoms with Crippen LogP contribution in [0.15, 0.2) is 55.6 Å². The van der Waals surface area contributed by atoms with Crippen LogP contribution < -0.4 is 4.90 Å². The summed E-state index contributed by atoms with van der Waals surface area (Å²) >= 11 is 0. The summed E-state index contributed by atoms with van der Waals surface area (Å²) in [7, 11) is 0. The summed E-state index contributed by atoms with van der Waals surface area (Å²) in [4.78, 5) is 26.1. The number of benzene rings is 1. The maximum atomic E-state index is 12.5. The molecule has 0 aromatic heterocycles. The number of carbonyl (C=O) groups is 2. The Balaban J connectivity index is 3.02. The van der Waals surface area contributed by atoms with Gasteiger partial charge in [-0.15, -0.1) is 13.2 Å².